The van der Waals surface area contributed by atoms with Crippen LogP contribution in [0.4, 0.5) is 0 Å². The number of hydrogen-bond acceptors (Lipinski definition) is 4. The highest BCUT2D eigenvalue weighted by Crippen LogP contribution is 2.29. The zero-order valence-electron chi connectivity index (χ0n) is 13.5. The van der Waals surface area contributed by atoms with E-state index in [-0.39, 0.29) is 17.9 Å². The molecule has 2 amide bonds. The third kappa shape index (κ3) is 4.13. The molecule has 2 aliphatic rings. The average molecular weight is 313 g/mol. The first kappa shape index (κ1) is 16.6. The van der Waals surface area contributed by atoms with Crippen molar-refractivity contribution in [3.05, 3.63) is 0 Å². The van der Waals surface area contributed by atoms with Gasteiger partial charge in [-0.05, 0) is 19.8 Å². The Hall–Kier alpha value is -0.750. The highest BCUT2D eigenvalue weighted by molar-refractivity contribution is 8.01. The minimum Gasteiger partial charge on any atom is -0.342 e. The van der Waals surface area contributed by atoms with Gasteiger partial charge in [-0.15, -0.1) is 11.8 Å². The predicted octanol–water partition coefficient (Wildman–Crippen LogP) is 0.797. The van der Waals surface area contributed by atoms with Gasteiger partial charge in [0.25, 0.3) is 0 Å². The Balaban J connectivity index is 1.84. The van der Waals surface area contributed by atoms with Gasteiger partial charge < -0.3 is 10.2 Å². The van der Waals surface area contributed by atoms with Gasteiger partial charge >= 0.3 is 0 Å². The lowest BCUT2D eigenvalue weighted by Crippen LogP contribution is -2.60. The number of carbonyl (C=O) groups excluding carboxylic acids is 2. The molecule has 21 heavy (non-hydrogen) atoms. The lowest BCUT2D eigenvalue weighted by molar-refractivity contribution is -0.138. The summed E-state index contributed by atoms with van der Waals surface area (Å²) in [5.41, 5.74) is 0. The molecule has 0 radical (unpaired) electrons. The fourth-order valence-electron chi connectivity index (χ4n) is 2.75. The number of carbonyl (C=O) groups is 2. The molecule has 2 fully saturated rings. The molecular formula is C15H27N3O2S. The Morgan fingerprint density at radius 2 is 1.95 bits per heavy atom. The van der Waals surface area contributed by atoms with Crippen LogP contribution in [0.15, 0.2) is 0 Å². The van der Waals surface area contributed by atoms with Crippen molar-refractivity contribution in [1.82, 2.24) is 15.1 Å². The minimum atomic E-state index is -0.424. The van der Waals surface area contributed by atoms with Gasteiger partial charge in [0.05, 0.1) is 4.75 Å². The molecule has 0 aromatic carbocycles. The first-order chi connectivity index (χ1) is 9.79. The average Bonchev–Trinajstić information content (AvgIpc) is 2.41. The van der Waals surface area contributed by atoms with E-state index in [9.17, 15) is 9.59 Å². The van der Waals surface area contributed by atoms with Crippen molar-refractivity contribution in [2.75, 3.05) is 38.5 Å². The summed E-state index contributed by atoms with van der Waals surface area (Å²) < 4.78 is -0.424. The molecule has 1 N–H and O–H groups in total. The van der Waals surface area contributed by atoms with Crippen LogP contribution in [0, 0.1) is 5.92 Å². The maximum Gasteiger partial charge on any atom is 0.246 e. The maximum atomic E-state index is 12.5. The summed E-state index contributed by atoms with van der Waals surface area (Å²) in [6, 6.07) is -0.354. The van der Waals surface area contributed by atoms with E-state index in [0.717, 1.165) is 32.7 Å². The summed E-state index contributed by atoms with van der Waals surface area (Å²) in [4.78, 5) is 28.8. The van der Waals surface area contributed by atoms with Crippen molar-refractivity contribution in [3.8, 4) is 0 Å². The lowest BCUT2D eigenvalue weighted by Gasteiger charge is -2.39. The molecule has 120 valence electrons. The largest absolute Gasteiger partial charge is 0.342 e. The van der Waals surface area contributed by atoms with Gasteiger partial charge in [-0.3, -0.25) is 14.5 Å². The van der Waals surface area contributed by atoms with E-state index in [1.54, 1.807) is 11.8 Å². The van der Waals surface area contributed by atoms with E-state index < -0.39 is 4.75 Å². The molecule has 0 aromatic heterocycles. The molecule has 0 saturated carbocycles. The quantitative estimate of drug-likeness (QED) is 0.837. The van der Waals surface area contributed by atoms with Crippen LogP contribution in [-0.4, -0.2) is 70.9 Å². The third-order valence-corrected chi connectivity index (χ3v) is 5.48. The molecule has 0 aromatic rings. The van der Waals surface area contributed by atoms with Gasteiger partial charge in [0.1, 0.15) is 6.04 Å². The van der Waals surface area contributed by atoms with Gasteiger partial charge in [-0.2, -0.15) is 0 Å². The second kappa shape index (κ2) is 6.57. The number of rotatable bonds is 3. The lowest BCUT2D eigenvalue weighted by atomic mass is 10.1. The van der Waals surface area contributed by atoms with Crippen molar-refractivity contribution in [2.45, 2.75) is 38.5 Å². The van der Waals surface area contributed by atoms with Gasteiger partial charge in [0, 0.05) is 38.5 Å². The molecule has 0 bridgehead atoms. The van der Waals surface area contributed by atoms with Crippen molar-refractivity contribution in [3.63, 3.8) is 0 Å². The first-order valence-electron chi connectivity index (χ1n) is 7.75. The second-order valence-electron chi connectivity index (χ2n) is 6.87. The van der Waals surface area contributed by atoms with E-state index in [4.69, 9.17) is 0 Å². The number of thioether (sulfide) groups is 1. The zero-order chi connectivity index (χ0) is 15.6. The summed E-state index contributed by atoms with van der Waals surface area (Å²) in [7, 11) is 0. The summed E-state index contributed by atoms with van der Waals surface area (Å²) >= 11 is 1.57. The fourth-order valence-corrected chi connectivity index (χ4v) is 3.75. The monoisotopic (exact) mass is 313 g/mol. The van der Waals surface area contributed by atoms with Gasteiger partial charge in [0.15, 0.2) is 0 Å². The van der Waals surface area contributed by atoms with Gasteiger partial charge in [-0.25, -0.2) is 0 Å². The molecule has 2 rings (SSSR count). The smallest absolute Gasteiger partial charge is 0.246 e. The Kier molecular flexibility index (Phi) is 5.20. The van der Waals surface area contributed by atoms with Crippen LogP contribution in [0.1, 0.15) is 27.7 Å². The zero-order valence-corrected chi connectivity index (χ0v) is 14.3. The molecule has 0 unspecified atom stereocenters. The van der Waals surface area contributed by atoms with Crippen molar-refractivity contribution < 1.29 is 9.59 Å². The molecule has 0 spiro atoms. The molecule has 0 aliphatic carbocycles. The summed E-state index contributed by atoms with van der Waals surface area (Å²) in [5, 5.41) is 2.88. The highest BCUT2D eigenvalue weighted by Gasteiger charge is 2.39. The van der Waals surface area contributed by atoms with Crippen LogP contribution in [0.3, 0.4) is 0 Å². The van der Waals surface area contributed by atoms with E-state index in [0.29, 0.717) is 11.7 Å². The van der Waals surface area contributed by atoms with Crippen LogP contribution in [-0.2, 0) is 9.59 Å². The minimum absolute atomic E-state index is 0.0319. The van der Waals surface area contributed by atoms with Crippen LogP contribution in [0.25, 0.3) is 0 Å². The molecule has 1 atom stereocenters. The van der Waals surface area contributed by atoms with E-state index in [1.165, 1.54) is 0 Å². The van der Waals surface area contributed by atoms with Crippen LogP contribution in [0.2, 0.25) is 0 Å². The van der Waals surface area contributed by atoms with Crippen LogP contribution in [0.5, 0.6) is 0 Å². The number of nitrogens with zero attached hydrogens (tertiary/aromatic N) is 2. The van der Waals surface area contributed by atoms with Crippen molar-refractivity contribution in [1.29, 1.82) is 0 Å². The SMILES string of the molecule is CC(C)CN1CCN(C(=O)[C@H]2CSC(C)(C)C(=O)N2)CC1. The molecule has 2 aliphatic heterocycles. The number of nitrogens with one attached hydrogen (secondary N) is 1. The number of hydrogen-bond donors (Lipinski definition) is 1. The Morgan fingerprint density at radius 3 is 2.48 bits per heavy atom. The van der Waals surface area contributed by atoms with Crippen molar-refractivity contribution >= 4 is 23.6 Å². The molecule has 2 saturated heterocycles. The van der Waals surface area contributed by atoms with Crippen LogP contribution >= 0.6 is 11.8 Å². The standard InChI is InChI=1S/C15H27N3O2S/c1-11(2)9-17-5-7-18(8-6-17)13(19)12-10-21-15(3,4)14(20)16-12/h11-12H,5-10H2,1-4H3,(H,16,20)/t12-/m1/s1. The Bertz CT molecular complexity index is 404. The summed E-state index contributed by atoms with van der Waals surface area (Å²) in [6.45, 7) is 12.7. The molecular weight excluding hydrogens is 286 g/mol. The summed E-state index contributed by atoms with van der Waals surface area (Å²) in [5.74, 6) is 1.37. The highest BCUT2D eigenvalue weighted by atomic mass is 32.2. The predicted molar refractivity (Wildman–Crippen MR) is 86.3 cm³/mol. The van der Waals surface area contributed by atoms with Crippen LogP contribution < -0.4 is 5.32 Å². The molecule has 2 heterocycles. The topological polar surface area (TPSA) is 52.7 Å². The molecule has 5 nitrogen and oxygen atoms in total. The third-order valence-electron chi connectivity index (χ3n) is 4.07. The van der Waals surface area contributed by atoms with E-state index in [1.807, 2.05) is 18.7 Å². The van der Waals surface area contributed by atoms with Crippen molar-refractivity contribution in [2.24, 2.45) is 5.92 Å². The van der Waals surface area contributed by atoms with Gasteiger partial charge in [-0.1, -0.05) is 13.8 Å². The second-order valence-corrected chi connectivity index (χ2v) is 8.51. The van der Waals surface area contributed by atoms with E-state index in [2.05, 4.69) is 24.1 Å². The first-order valence-corrected chi connectivity index (χ1v) is 8.74. The van der Waals surface area contributed by atoms with E-state index >= 15 is 0 Å². The number of piperazine rings is 1. The summed E-state index contributed by atoms with van der Waals surface area (Å²) in [6.07, 6.45) is 0. The Labute approximate surface area is 131 Å². The fraction of sp³-hybridized carbons (Fsp3) is 0.867. The molecule has 6 heteroatoms. The van der Waals surface area contributed by atoms with Gasteiger partial charge in [0.2, 0.25) is 11.8 Å². The number of amides is 2. The Morgan fingerprint density at radius 1 is 1.33 bits per heavy atom. The maximum absolute atomic E-state index is 12.5. The normalized spacial score (nSPS) is 26.8.